The third-order valence-electron chi connectivity index (χ3n) is 2.19. The van der Waals surface area contributed by atoms with Crippen LogP contribution in [0.5, 0.6) is 0 Å². The van der Waals surface area contributed by atoms with Gasteiger partial charge in [-0.25, -0.2) is 0 Å². The van der Waals surface area contributed by atoms with E-state index in [0.717, 1.165) is 14.2 Å². The van der Waals surface area contributed by atoms with Crippen molar-refractivity contribution in [2.24, 2.45) is 0 Å². The zero-order valence-electron chi connectivity index (χ0n) is 7.90. The van der Waals surface area contributed by atoms with Gasteiger partial charge in [-0.05, 0) is 44.9 Å². The highest BCUT2D eigenvalue weighted by molar-refractivity contribution is 9.10. The molecule has 0 atom stereocenters. The quantitative estimate of drug-likeness (QED) is 0.604. The van der Waals surface area contributed by atoms with Crippen LogP contribution in [0.25, 0.3) is 9.40 Å². The van der Waals surface area contributed by atoms with Gasteiger partial charge in [0, 0.05) is 13.9 Å². The van der Waals surface area contributed by atoms with E-state index in [1.165, 1.54) is 20.7 Å². The van der Waals surface area contributed by atoms with E-state index in [2.05, 4.69) is 27.4 Å². The lowest BCUT2D eigenvalue weighted by Crippen LogP contribution is -1.95. The number of hydrogen-bond donors (Lipinski definition) is 0. The fourth-order valence-corrected chi connectivity index (χ4v) is 5.07. The molecule has 0 bridgehead atoms. The number of carbonyl (C=O) groups excluding carboxylic acids is 1. The van der Waals surface area contributed by atoms with Gasteiger partial charge in [-0.15, -0.1) is 34.0 Å². The van der Waals surface area contributed by atoms with Crippen LogP contribution < -0.4 is 0 Å². The van der Waals surface area contributed by atoms with E-state index >= 15 is 0 Å². The zero-order valence-corrected chi connectivity index (χ0v) is 11.9. The molecular weight excluding hydrogens is 324 g/mol. The molecule has 0 unspecified atom stereocenters. The molecule has 3 rings (SSSR count). The van der Waals surface area contributed by atoms with Crippen LogP contribution in [0.1, 0.15) is 14.5 Å². The Morgan fingerprint density at radius 3 is 2.62 bits per heavy atom. The lowest BCUT2D eigenvalue weighted by Gasteiger charge is -1.93. The first-order chi connectivity index (χ1) is 7.75. The van der Waals surface area contributed by atoms with Crippen LogP contribution in [0.3, 0.4) is 0 Å². The number of halogens is 1. The van der Waals surface area contributed by atoms with E-state index in [1.807, 2.05) is 17.5 Å². The highest BCUT2D eigenvalue weighted by Crippen LogP contribution is 2.33. The van der Waals surface area contributed by atoms with E-state index in [1.54, 1.807) is 22.7 Å². The molecule has 0 aliphatic heterocycles. The van der Waals surface area contributed by atoms with Gasteiger partial charge in [0.15, 0.2) is 0 Å². The Hall–Kier alpha value is -0.490. The summed E-state index contributed by atoms with van der Waals surface area (Å²) < 4.78 is 3.28. The Kier molecular flexibility index (Phi) is 2.71. The van der Waals surface area contributed by atoms with Crippen LogP contribution in [0.2, 0.25) is 0 Å². The Morgan fingerprint density at radius 1 is 1.12 bits per heavy atom. The Balaban J connectivity index is 2.08. The number of thiophene rings is 3. The zero-order chi connectivity index (χ0) is 11.1. The van der Waals surface area contributed by atoms with Crippen molar-refractivity contribution in [1.82, 2.24) is 0 Å². The van der Waals surface area contributed by atoms with Gasteiger partial charge < -0.3 is 0 Å². The molecule has 0 aliphatic rings. The summed E-state index contributed by atoms with van der Waals surface area (Å²) in [4.78, 5) is 13.8. The number of hydrogen-bond acceptors (Lipinski definition) is 4. The van der Waals surface area contributed by atoms with Crippen LogP contribution in [-0.4, -0.2) is 5.78 Å². The average molecular weight is 329 g/mol. The summed E-state index contributed by atoms with van der Waals surface area (Å²) in [5.74, 6) is 0.121. The minimum absolute atomic E-state index is 0.121. The van der Waals surface area contributed by atoms with Crippen LogP contribution in [0.4, 0.5) is 0 Å². The van der Waals surface area contributed by atoms with E-state index in [4.69, 9.17) is 0 Å². The van der Waals surface area contributed by atoms with Gasteiger partial charge in [0.2, 0.25) is 5.78 Å². The number of fused-ring (bicyclic) bond motifs is 1. The molecule has 0 N–H and O–H groups in total. The number of ketones is 1. The fourth-order valence-electron chi connectivity index (χ4n) is 1.45. The third-order valence-corrected chi connectivity index (χ3v) is 6.12. The van der Waals surface area contributed by atoms with Gasteiger partial charge >= 0.3 is 0 Å². The first-order valence-corrected chi connectivity index (χ1v) is 7.87. The van der Waals surface area contributed by atoms with Crippen molar-refractivity contribution >= 4 is 65.1 Å². The van der Waals surface area contributed by atoms with Crippen molar-refractivity contribution in [2.75, 3.05) is 0 Å². The predicted molar refractivity (Wildman–Crippen MR) is 75.2 cm³/mol. The van der Waals surface area contributed by atoms with Crippen molar-refractivity contribution in [3.05, 3.63) is 43.2 Å². The van der Waals surface area contributed by atoms with Crippen molar-refractivity contribution in [2.45, 2.75) is 0 Å². The lowest BCUT2D eigenvalue weighted by molar-refractivity contribution is 0.104. The van der Waals surface area contributed by atoms with Crippen LogP contribution in [0.15, 0.2) is 33.4 Å². The van der Waals surface area contributed by atoms with E-state index in [9.17, 15) is 4.79 Å². The largest absolute Gasteiger partial charge is 0.287 e. The standard InChI is InChI=1S/C11H5BrOS3/c12-6-1-3-15-11(6)10(13)9-5-8-7(16-9)2-4-14-8/h1-5H. The van der Waals surface area contributed by atoms with Gasteiger partial charge in [0.25, 0.3) is 0 Å². The topological polar surface area (TPSA) is 17.1 Å². The first-order valence-electron chi connectivity index (χ1n) is 4.50. The second kappa shape index (κ2) is 4.07. The molecule has 0 radical (unpaired) electrons. The summed E-state index contributed by atoms with van der Waals surface area (Å²) in [5.41, 5.74) is 0. The molecule has 16 heavy (non-hydrogen) atoms. The second-order valence-corrected chi connectivity index (χ2v) is 6.99. The summed E-state index contributed by atoms with van der Waals surface area (Å²) in [6, 6.07) is 5.96. The van der Waals surface area contributed by atoms with Crippen LogP contribution in [0, 0.1) is 0 Å². The first kappa shape index (κ1) is 10.7. The summed E-state index contributed by atoms with van der Waals surface area (Å²) in [5, 5.41) is 3.98. The average Bonchev–Trinajstić information content (AvgIpc) is 2.89. The molecule has 0 saturated carbocycles. The summed E-state index contributed by atoms with van der Waals surface area (Å²) in [7, 11) is 0. The highest BCUT2D eigenvalue weighted by Gasteiger charge is 2.16. The minimum Gasteiger partial charge on any atom is -0.287 e. The summed E-state index contributed by atoms with van der Waals surface area (Å²) in [6.07, 6.45) is 0. The maximum Gasteiger partial charge on any atom is 0.214 e. The highest BCUT2D eigenvalue weighted by atomic mass is 79.9. The molecule has 0 amide bonds. The van der Waals surface area contributed by atoms with Crippen LogP contribution in [-0.2, 0) is 0 Å². The third kappa shape index (κ3) is 1.68. The minimum atomic E-state index is 0.121. The molecule has 0 saturated heterocycles. The van der Waals surface area contributed by atoms with Gasteiger partial charge in [0.05, 0.1) is 9.75 Å². The van der Waals surface area contributed by atoms with Gasteiger partial charge in [-0.3, -0.25) is 4.79 Å². The maximum atomic E-state index is 12.2. The smallest absolute Gasteiger partial charge is 0.214 e. The van der Waals surface area contributed by atoms with Crippen LogP contribution >= 0.6 is 49.9 Å². The van der Waals surface area contributed by atoms with Crippen molar-refractivity contribution in [1.29, 1.82) is 0 Å². The normalized spacial score (nSPS) is 11.1. The maximum absolute atomic E-state index is 12.2. The molecule has 0 fully saturated rings. The molecule has 80 valence electrons. The second-order valence-electron chi connectivity index (χ2n) is 3.19. The number of rotatable bonds is 2. The molecule has 5 heteroatoms. The Morgan fingerprint density at radius 2 is 1.94 bits per heavy atom. The van der Waals surface area contributed by atoms with E-state index in [0.29, 0.717) is 0 Å². The summed E-state index contributed by atoms with van der Waals surface area (Å²) in [6.45, 7) is 0. The van der Waals surface area contributed by atoms with Crippen molar-refractivity contribution in [3.63, 3.8) is 0 Å². The van der Waals surface area contributed by atoms with Gasteiger partial charge in [-0.2, -0.15) is 0 Å². The van der Waals surface area contributed by atoms with Crippen molar-refractivity contribution in [3.8, 4) is 0 Å². The molecule has 0 spiro atoms. The van der Waals surface area contributed by atoms with Crippen molar-refractivity contribution < 1.29 is 4.79 Å². The molecule has 0 aliphatic carbocycles. The molecule has 3 heterocycles. The lowest BCUT2D eigenvalue weighted by atomic mass is 10.3. The SMILES string of the molecule is O=C(c1cc2sccc2s1)c1sccc1Br. The molecular formula is C11H5BrOS3. The van der Waals surface area contributed by atoms with E-state index < -0.39 is 0 Å². The molecule has 3 aromatic rings. The monoisotopic (exact) mass is 328 g/mol. The van der Waals surface area contributed by atoms with Gasteiger partial charge in [-0.1, -0.05) is 0 Å². The molecule has 3 aromatic heterocycles. The Labute approximate surface area is 112 Å². The van der Waals surface area contributed by atoms with E-state index in [-0.39, 0.29) is 5.78 Å². The van der Waals surface area contributed by atoms with Gasteiger partial charge in [0.1, 0.15) is 0 Å². The fraction of sp³-hybridized carbons (Fsp3) is 0. The molecule has 0 aromatic carbocycles. The number of carbonyl (C=O) groups is 1. The predicted octanol–water partition coefficient (Wildman–Crippen LogP) is 5.02. The Bertz CT molecular complexity index is 633. The molecule has 1 nitrogen and oxygen atoms in total. The summed E-state index contributed by atoms with van der Waals surface area (Å²) >= 11 is 8.12.